The molecule has 2 aromatic heterocycles. The molecule has 0 saturated heterocycles. The fraction of sp³-hybridized carbons (Fsp3) is 0.467. The molecule has 5 heteroatoms. The van der Waals surface area contributed by atoms with Crippen LogP contribution in [0.4, 0.5) is 5.82 Å². The van der Waals surface area contributed by atoms with Crippen LogP contribution in [0.5, 0.6) is 0 Å². The van der Waals surface area contributed by atoms with Gasteiger partial charge in [0.1, 0.15) is 5.82 Å². The highest BCUT2D eigenvalue weighted by Crippen LogP contribution is 2.29. The van der Waals surface area contributed by atoms with Crippen LogP contribution in [0.3, 0.4) is 0 Å². The minimum atomic E-state index is 0.673. The third kappa shape index (κ3) is 2.73. The van der Waals surface area contributed by atoms with Crippen molar-refractivity contribution >= 4 is 21.7 Å². The van der Waals surface area contributed by atoms with Gasteiger partial charge in [0, 0.05) is 17.8 Å². The number of nitrogens with one attached hydrogen (secondary N) is 1. The molecule has 1 aliphatic carbocycles. The second kappa shape index (κ2) is 5.95. The number of nitrogens with zero attached hydrogens (tertiary/aromatic N) is 2. The van der Waals surface area contributed by atoms with Crippen molar-refractivity contribution in [3.8, 4) is 11.6 Å². The molecule has 0 aromatic carbocycles. The molecule has 2 heterocycles. The Labute approximate surface area is 127 Å². The van der Waals surface area contributed by atoms with Gasteiger partial charge in [0.2, 0.25) is 0 Å². The average molecular weight is 336 g/mol. The lowest BCUT2D eigenvalue weighted by molar-refractivity contribution is 0.550. The van der Waals surface area contributed by atoms with E-state index in [4.69, 9.17) is 9.40 Å². The highest BCUT2D eigenvalue weighted by atomic mass is 79.9. The molecule has 1 aliphatic rings. The second-order valence-corrected chi connectivity index (χ2v) is 5.80. The Balaban J connectivity index is 2.08. The van der Waals surface area contributed by atoms with Crippen LogP contribution in [0.25, 0.3) is 11.6 Å². The second-order valence-electron chi connectivity index (χ2n) is 5.02. The van der Waals surface area contributed by atoms with Crippen molar-refractivity contribution in [3.05, 3.63) is 28.1 Å². The molecule has 0 atom stereocenters. The van der Waals surface area contributed by atoms with E-state index in [0.29, 0.717) is 16.3 Å². The lowest BCUT2D eigenvalue weighted by Gasteiger charge is -2.13. The summed E-state index contributed by atoms with van der Waals surface area (Å²) >= 11 is 3.33. The predicted molar refractivity (Wildman–Crippen MR) is 82.9 cm³/mol. The van der Waals surface area contributed by atoms with Crippen molar-refractivity contribution in [1.29, 1.82) is 0 Å². The number of aryl methyl sites for hydroxylation is 1. The van der Waals surface area contributed by atoms with E-state index in [2.05, 4.69) is 33.2 Å². The first-order valence-corrected chi connectivity index (χ1v) is 7.96. The Kier molecular flexibility index (Phi) is 4.05. The van der Waals surface area contributed by atoms with Crippen molar-refractivity contribution in [2.24, 2.45) is 0 Å². The first-order chi connectivity index (χ1) is 9.78. The molecular formula is C15H18BrN3O. The van der Waals surface area contributed by atoms with Crippen molar-refractivity contribution in [3.63, 3.8) is 0 Å². The molecule has 4 nitrogen and oxygen atoms in total. The molecular weight excluding hydrogens is 318 g/mol. The highest BCUT2D eigenvalue weighted by Gasteiger charge is 2.18. The van der Waals surface area contributed by atoms with Crippen LogP contribution in [0, 0.1) is 0 Å². The zero-order valence-electron chi connectivity index (χ0n) is 11.6. The summed E-state index contributed by atoms with van der Waals surface area (Å²) in [7, 11) is 0. The molecule has 20 heavy (non-hydrogen) atoms. The number of furan rings is 1. The van der Waals surface area contributed by atoms with Crippen LogP contribution in [0.15, 0.2) is 21.2 Å². The van der Waals surface area contributed by atoms with Crippen LogP contribution in [-0.2, 0) is 12.8 Å². The molecule has 0 bridgehead atoms. The minimum Gasteiger partial charge on any atom is -0.446 e. The molecule has 2 aromatic rings. The first kappa shape index (κ1) is 13.6. The molecule has 0 unspecified atom stereocenters. The van der Waals surface area contributed by atoms with Crippen LogP contribution in [0.1, 0.15) is 37.4 Å². The Morgan fingerprint density at radius 1 is 1.20 bits per heavy atom. The average Bonchev–Trinajstić information content (AvgIpc) is 2.73. The molecule has 0 saturated carbocycles. The Morgan fingerprint density at radius 2 is 2.05 bits per heavy atom. The topological polar surface area (TPSA) is 51.0 Å². The normalized spacial score (nSPS) is 14.7. The summed E-state index contributed by atoms with van der Waals surface area (Å²) in [5.74, 6) is 2.36. The van der Waals surface area contributed by atoms with Gasteiger partial charge in [0.15, 0.2) is 16.3 Å². The van der Waals surface area contributed by atoms with E-state index in [0.717, 1.165) is 25.2 Å². The van der Waals surface area contributed by atoms with E-state index in [1.165, 1.54) is 30.5 Å². The Morgan fingerprint density at radius 3 is 2.80 bits per heavy atom. The van der Waals surface area contributed by atoms with Gasteiger partial charge in [0.05, 0.1) is 0 Å². The van der Waals surface area contributed by atoms with Crippen molar-refractivity contribution < 1.29 is 4.42 Å². The fourth-order valence-corrected chi connectivity index (χ4v) is 2.94. The van der Waals surface area contributed by atoms with Gasteiger partial charge in [0.25, 0.3) is 0 Å². The van der Waals surface area contributed by atoms with Gasteiger partial charge in [-0.1, -0.05) is 6.42 Å². The van der Waals surface area contributed by atoms with Crippen molar-refractivity contribution in [1.82, 2.24) is 9.97 Å². The summed E-state index contributed by atoms with van der Waals surface area (Å²) in [6, 6.07) is 3.77. The van der Waals surface area contributed by atoms with E-state index in [9.17, 15) is 0 Å². The maximum Gasteiger partial charge on any atom is 0.197 e. The largest absolute Gasteiger partial charge is 0.446 e. The van der Waals surface area contributed by atoms with Crippen molar-refractivity contribution in [2.45, 2.75) is 39.0 Å². The van der Waals surface area contributed by atoms with Gasteiger partial charge in [-0.25, -0.2) is 9.97 Å². The van der Waals surface area contributed by atoms with Crippen LogP contribution < -0.4 is 5.32 Å². The number of hydrogen-bond donors (Lipinski definition) is 1. The molecule has 106 valence electrons. The summed E-state index contributed by atoms with van der Waals surface area (Å²) in [6.45, 7) is 2.96. The summed E-state index contributed by atoms with van der Waals surface area (Å²) in [4.78, 5) is 9.40. The molecule has 0 radical (unpaired) electrons. The molecule has 0 fully saturated rings. The molecule has 0 amide bonds. The van der Waals surface area contributed by atoms with Crippen LogP contribution in [-0.4, -0.2) is 16.5 Å². The summed E-state index contributed by atoms with van der Waals surface area (Å²) in [6.07, 6.45) is 5.80. The third-order valence-electron chi connectivity index (χ3n) is 3.57. The number of hydrogen-bond acceptors (Lipinski definition) is 4. The maximum atomic E-state index is 5.59. The summed E-state index contributed by atoms with van der Waals surface area (Å²) in [5.41, 5.74) is 2.47. The van der Waals surface area contributed by atoms with Gasteiger partial charge >= 0.3 is 0 Å². The number of fused-ring (bicyclic) bond motifs is 1. The molecule has 3 rings (SSSR count). The van der Waals surface area contributed by atoms with Gasteiger partial charge in [-0.05, 0) is 60.7 Å². The first-order valence-electron chi connectivity index (χ1n) is 7.17. The Bertz CT molecular complexity index is 609. The summed E-state index contributed by atoms with van der Waals surface area (Å²) in [5, 5.41) is 3.38. The van der Waals surface area contributed by atoms with Gasteiger partial charge in [-0.15, -0.1) is 0 Å². The van der Waals surface area contributed by atoms with E-state index < -0.39 is 0 Å². The predicted octanol–water partition coefficient (Wildman–Crippen LogP) is 4.20. The number of anilines is 1. The monoisotopic (exact) mass is 335 g/mol. The fourth-order valence-electron chi connectivity index (χ4n) is 2.63. The van der Waals surface area contributed by atoms with E-state index >= 15 is 0 Å². The van der Waals surface area contributed by atoms with E-state index in [-0.39, 0.29) is 0 Å². The van der Waals surface area contributed by atoms with Gasteiger partial charge in [-0.3, -0.25) is 0 Å². The quantitative estimate of drug-likeness (QED) is 0.854. The lowest BCUT2D eigenvalue weighted by atomic mass is 10.1. The number of halogens is 1. The summed E-state index contributed by atoms with van der Waals surface area (Å²) < 4.78 is 6.29. The van der Waals surface area contributed by atoms with Crippen LogP contribution in [0.2, 0.25) is 0 Å². The number of rotatable bonds is 3. The van der Waals surface area contributed by atoms with E-state index in [1.54, 1.807) is 0 Å². The van der Waals surface area contributed by atoms with Gasteiger partial charge < -0.3 is 9.73 Å². The minimum absolute atomic E-state index is 0.673. The van der Waals surface area contributed by atoms with Gasteiger partial charge in [-0.2, -0.15) is 0 Å². The van der Waals surface area contributed by atoms with E-state index in [1.807, 2.05) is 12.1 Å². The van der Waals surface area contributed by atoms with Crippen LogP contribution >= 0.6 is 15.9 Å². The molecule has 1 N–H and O–H groups in total. The SMILES string of the molecule is CCNc1nc(-c2ccc(Br)o2)nc2c1CCCCC2. The highest BCUT2D eigenvalue weighted by molar-refractivity contribution is 9.10. The van der Waals surface area contributed by atoms with Crippen molar-refractivity contribution in [2.75, 3.05) is 11.9 Å². The maximum absolute atomic E-state index is 5.59. The molecule has 0 spiro atoms. The third-order valence-corrected chi connectivity index (χ3v) is 4.00. The standard InChI is InChI=1S/C15H18BrN3O/c1-2-17-14-10-6-4-3-5-7-11(10)18-15(19-14)12-8-9-13(16)20-12/h8-9H,2-7H2,1H3,(H,17,18,19). The number of aromatic nitrogens is 2. The smallest absolute Gasteiger partial charge is 0.197 e. The lowest BCUT2D eigenvalue weighted by Crippen LogP contribution is -2.09. The Hall–Kier alpha value is -1.36. The zero-order chi connectivity index (χ0) is 13.9. The molecule has 0 aliphatic heterocycles. The zero-order valence-corrected chi connectivity index (χ0v) is 13.2.